The van der Waals surface area contributed by atoms with E-state index in [1.807, 2.05) is 71.9 Å². The quantitative estimate of drug-likeness (QED) is 0.0122. The first kappa shape index (κ1) is 112. The number of imidazole rings is 2. The minimum Gasteiger partial charge on any atom is -0.854 e. The lowest BCUT2D eigenvalue weighted by atomic mass is 9.76. The first-order chi connectivity index (χ1) is 61.8. The number of halogens is 5. The summed E-state index contributed by atoms with van der Waals surface area (Å²) in [5.41, 5.74) is 4.49. The Bertz CT molecular complexity index is 3910. The van der Waals surface area contributed by atoms with Gasteiger partial charge in [-0.05, 0) is 68.0 Å². The predicted octanol–water partition coefficient (Wildman–Crippen LogP) is 24.6. The van der Waals surface area contributed by atoms with Gasteiger partial charge in [0.05, 0.1) is 25.9 Å². The lowest BCUT2D eigenvalue weighted by molar-refractivity contribution is -0.733. The van der Waals surface area contributed by atoms with E-state index in [4.69, 9.17) is 91.2 Å². The van der Waals surface area contributed by atoms with Gasteiger partial charge in [-0.1, -0.05) is 389 Å². The van der Waals surface area contributed by atoms with Gasteiger partial charge < -0.3 is 52.7 Å². The Hall–Kier alpha value is -7.82. The van der Waals surface area contributed by atoms with Crippen LogP contribution in [0.25, 0.3) is 0 Å². The van der Waals surface area contributed by atoms with Gasteiger partial charge in [0.25, 0.3) is 0 Å². The number of benzene rings is 5. The van der Waals surface area contributed by atoms with E-state index in [0.717, 1.165) is 110 Å². The van der Waals surface area contributed by atoms with Crippen LogP contribution in [0.5, 0.6) is 0 Å². The molecular weight excluding hydrogens is 1710 g/mol. The third-order valence-corrected chi connectivity index (χ3v) is 23.1. The highest BCUT2D eigenvalue weighted by molar-refractivity contribution is 6.35. The van der Waals surface area contributed by atoms with Crippen LogP contribution < -0.4 is 14.8 Å². The van der Waals surface area contributed by atoms with Crippen molar-refractivity contribution in [3.63, 3.8) is 0 Å². The molecular formula is C102H144Cl5N4O16-. The fourth-order valence-electron chi connectivity index (χ4n) is 14.4. The summed E-state index contributed by atoms with van der Waals surface area (Å²) < 4.78 is 41.9. The Balaban J connectivity index is 0.000000361. The smallest absolute Gasteiger partial charge is 0.306 e. The molecule has 5 aromatic carbocycles. The number of carboxylic acid groups (broad SMARTS) is 1. The molecule has 2 aromatic heterocycles. The van der Waals surface area contributed by atoms with Crippen molar-refractivity contribution in [2.24, 2.45) is 0 Å². The van der Waals surface area contributed by atoms with Crippen LogP contribution in [0.15, 0.2) is 159 Å². The summed E-state index contributed by atoms with van der Waals surface area (Å²) in [6.07, 6.45) is 51.2. The number of ether oxygens (including phenoxy) is 7. The molecule has 0 aliphatic heterocycles. The van der Waals surface area contributed by atoms with Gasteiger partial charge in [0.1, 0.15) is 44.9 Å². The van der Waals surface area contributed by atoms with Crippen LogP contribution in [0.1, 0.15) is 344 Å². The lowest BCUT2D eigenvalue weighted by Gasteiger charge is -2.33. The van der Waals surface area contributed by atoms with E-state index >= 15 is 0 Å². The number of hydrogen-bond donors (Lipinski definition) is 1. The second-order valence-corrected chi connectivity index (χ2v) is 34.4. The molecule has 2 heterocycles. The number of H-pyrrole nitrogens is 1. The van der Waals surface area contributed by atoms with E-state index in [-0.39, 0.29) is 83.2 Å². The fraction of sp³-hybridized carbons (Fsp3) is 0.578. The third kappa shape index (κ3) is 50.8. The van der Waals surface area contributed by atoms with Gasteiger partial charge in [-0.3, -0.25) is 33.8 Å². The van der Waals surface area contributed by atoms with Crippen LogP contribution in [-0.4, -0.2) is 102 Å². The van der Waals surface area contributed by atoms with Crippen LogP contribution in [0.3, 0.4) is 0 Å². The second kappa shape index (κ2) is 71.9. The van der Waals surface area contributed by atoms with Crippen molar-refractivity contribution in [2.75, 3.05) is 33.0 Å². The van der Waals surface area contributed by atoms with Crippen molar-refractivity contribution in [3.05, 3.63) is 212 Å². The highest BCUT2D eigenvalue weighted by atomic mass is 35.5. The van der Waals surface area contributed by atoms with Crippen LogP contribution in [0, 0.1) is 0 Å². The van der Waals surface area contributed by atoms with E-state index < -0.39 is 54.0 Å². The molecule has 0 amide bonds. The average molecular weight is 1860 g/mol. The van der Waals surface area contributed by atoms with Gasteiger partial charge in [0, 0.05) is 97.8 Å². The Morgan fingerprint density at radius 2 is 0.803 bits per heavy atom. The molecule has 0 fully saturated rings. The standard InChI is InChI=1S/C31H56O8.C31H57O7.C22H17ClN2.C18H14Cl4N2O/c1-3-5-7-9-11-13-15-17-19-21-29(34)37-25-27(39-31(36)24-23-28(32)33)26-38-30(35)22-20-18-16-14-12-10-8-6-4-2;1-3-5-7-9-11-13-15-17-19-22-29(33)36-26-28(38-31(35)24-21-25-32)27-37-30(34)23-20-18-16-14-12-10-8-6-4-2;23-21-14-8-7-13-20(21)22(25-16-15-24-17-25,18-9-3-1-4-10-18)19-11-5-2-6-12-19;19-13-2-1-12(16(21)7-13)10-25-18(9-24-6-5-23-11-24)15-4-3-14(20)8-17(15)22/h27H,3-26H2,1-2H3,(H,32,33);28H,3-27H2,1-2H3;1-17H;1-8,11,18H,9-10H2/q;-1;;. The first-order valence-corrected chi connectivity index (χ1v) is 48.8. The van der Waals surface area contributed by atoms with E-state index in [0.29, 0.717) is 46.1 Å². The minimum absolute atomic E-state index is 0.00121. The Morgan fingerprint density at radius 3 is 1.17 bits per heavy atom. The number of rotatable bonds is 66. The average Bonchev–Trinajstić information content (AvgIpc) is 1.74. The number of aromatic nitrogens is 4. The summed E-state index contributed by atoms with van der Waals surface area (Å²) >= 11 is 31.2. The summed E-state index contributed by atoms with van der Waals surface area (Å²) in [5.74, 6) is -4.14. The van der Waals surface area contributed by atoms with Gasteiger partial charge in [-0.2, -0.15) is 0 Å². The number of unbranched alkanes of at least 4 members (excludes halogenated alkanes) is 32. The van der Waals surface area contributed by atoms with E-state index in [9.17, 15) is 43.8 Å². The highest BCUT2D eigenvalue weighted by Gasteiger charge is 2.44. The first-order valence-electron chi connectivity index (χ1n) is 46.9. The summed E-state index contributed by atoms with van der Waals surface area (Å²) in [7, 11) is 0. The number of carboxylic acids is 1. The van der Waals surface area contributed by atoms with Crippen LogP contribution in [-0.2, 0) is 85.4 Å². The molecule has 0 spiro atoms. The van der Waals surface area contributed by atoms with Gasteiger partial charge in [0.15, 0.2) is 17.7 Å². The van der Waals surface area contributed by atoms with Crippen molar-refractivity contribution < 1.29 is 81.5 Å². The zero-order chi connectivity index (χ0) is 92.0. The molecule has 0 radical (unpaired) electrons. The summed E-state index contributed by atoms with van der Waals surface area (Å²) in [4.78, 5) is 90.4. The largest absolute Gasteiger partial charge is 0.854 e. The van der Waals surface area contributed by atoms with Crippen LogP contribution in [0.2, 0.25) is 25.1 Å². The maximum Gasteiger partial charge on any atom is 0.306 e. The maximum absolute atomic E-state index is 12.1. The summed E-state index contributed by atoms with van der Waals surface area (Å²) in [5, 5.41) is 24.3. The van der Waals surface area contributed by atoms with Crippen molar-refractivity contribution in [1.29, 1.82) is 0 Å². The topological polar surface area (TPSA) is 268 Å². The molecule has 1 atom stereocenters. The number of esters is 6. The zero-order valence-corrected chi connectivity index (χ0v) is 79.8. The Morgan fingerprint density at radius 1 is 0.425 bits per heavy atom. The minimum atomic E-state index is -1.36. The van der Waals surface area contributed by atoms with Gasteiger partial charge in [-0.25, -0.2) is 9.55 Å². The third-order valence-electron chi connectivity index (χ3n) is 21.6. The number of carbonyl (C=O) groups is 7. The molecule has 0 aliphatic carbocycles. The van der Waals surface area contributed by atoms with Crippen molar-refractivity contribution in [1.82, 2.24) is 14.5 Å². The number of nitrogens with one attached hydrogen (secondary N) is 1. The molecule has 20 nitrogen and oxygen atoms in total. The number of aliphatic carboxylic acids is 1. The van der Waals surface area contributed by atoms with E-state index in [1.54, 1.807) is 36.8 Å². The molecule has 0 bridgehead atoms. The van der Waals surface area contributed by atoms with E-state index in [1.165, 1.54) is 154 Å². The number of carbonyl (C=O) groups excluding carboxylic acids is 7. The molecule has 127 heavy (non-hydrogen) atoms. The Kier molecular flexibility index (Phi) is 63.2. The highest BCUT2D eigenvalue weighted by Crippen LogP contribution is 2.40. The molecule has 0 saturated carbocycles. The normalized spacial score (nSPS) is 11.3. The molecule has 7 rings (SSSR count). The van der Waals surface area contributed by atoms with Crippen molar-refractivity contribution >= 4 is 99.8 Å². The molecule has 0 aliphatic rings. The number of aromatic amines is 1. The molecule has 1 N–H and O–H groups in total. The molecule has 25 heteroatoms. The predicted molar refractivity (Wildman–Crippen MR) is 503 cm³/mol. The SMILES string of the molecule is CCCCCCCCCCCC(=O)OCC(COC(=O)CCCCCCCCCCC)OC(=O)CCC(=O)[O-].CCCCCCCCCCCC(=O)OCC(COC(=O)CCCCCCCCCCC)OC(=O)CCC[O-].Clc1ccc(COC(Cn2ccnc2)c2ccc(Cl)cc2Cl)c(Cl)c1.Clc1ccccc1C(c1ccccc1)(c1ccccc1)[n+]1cc[nH]c1. The lowest BCUT2D eigenvalue weighted by Crippen LogP contribution is -2.57. The molecule has 0 saturated heterocycles. The fourth-order valence-corrected chi connectivity index (χ4v) is 15.7. The summed E-state index contributed by atoms with van der Waals surface area (Å²) in [6, 6.07) is 39.7. The van der Waals surface area contributed by atoms with Gasteiger partial charge in [0.2, 0.25) is 6.33 Å². The van der Waals surface area contributed by atoms with Crippen LogP contribution >= 0.6 is 58.0 Å². The molecule has 7 aromatic rings. The molecule has 704 valence electrons. The van der Waals surface area contributed by atoms with E-state index in [2.05, 4.69) is 96.8 Å². The number of nitrogens with zero attached hydrogens (tertiary/aromatic N) is 3. The van der Waals surface area contributed by atoms with Crippen molar-refractivity contribution in [3.8, 4) is 0 Å². The monoisotopic (exact) mass is 1860 g/mol. The second-order valence-electron chi connectivity index (χ2n) is 32.4. The number of hydrogen-bond acceptors (Lipinski definition) is 17. The van der Waals surface area contributed by atoms with Gasteiger partial charge >= 0.3 is 35.8 Å². The maximum atomic E-state index is 12.1. The van der Waals surface area contributed by atoms with Gasteiger partial charge in [-0.15, -0.1) is 6.61 Å². The molecule has 1 unspecified atom stereocenters. The van der Waals surface area contributed by atoms with Crippen LogP contribution in [0.4, 0.5) is 0 Å². The zero-order valence-electron chi connectivity index (χ0n) is 76.1. The Labute approximate surface area is 782 Å². The van der Waals surface area contributed by atoms with Crippen molar-refractivity contribution in [2.45, 2.75) is 347 Å². The summed E-state index contributed by atoms with van der Waals surface area (Å²) in [6.45, 7) is 8.59.